The fourth-order valence-electron chi connectivity index (χ4n) is 1.22. The van der Waals surface area contributed by atoms with Crippen LogP contribution >= 0.6 is 12.4 Å². The molecule has 0 amide bonds. The Bertz CT molecular complexity index is 370. The van der Waals surface area contributed by atoms with Gasteiger partial charge in [-0.25, -0.2) is 4.39 Å². The summed E-state index contributed by atoms with van der Waals surface area (Å²) in [4.78, 5) is 0. The van der Waals surface area contributed by atoms with Crippen LogP contribution in [0.1, 0.15) is 24.9 Å². The molecule has 1 rings (SSSR count). The van der Waals surface area contributed by atoms with Crippen molar-refractivity contribution in [2.45, 2.75) is 25.7 Å². The van der Waals surface area contributed by atoms with Crippen molar-refractivity contribution >= 4 is 12.4 Å². The summed E-state index contributed by atoms with van der Waals surface area (Å²) in [6, 6.07) is 2.15. The third kappa shape index (κ3) is 4.79. The normalized spacial score (nSPS) is 12.8. The number of benzene rings is 1. The van der Waals surface area contributed by atoms with Crippen LogP contribution in [0.2, 0.25) is 0 Å². The lowest BCUT2D eigenvalue weighted by Gasteiger charge is -2.13. The second kappa shape index (κ2) is 6.07. The summed E-state index contributed by atoms with van der Waals surface area (Å²) >= 11 is 0. The molecule has 0 aromatic heterocycles. The monoisotopic (exact) mass is 273 g/mol. The summed E-state index contributed by atoms with van der Waals surface area (Å²) in [6.45, 7) is 1.71. The van der Waals surface area contributed by atoms with E-state index in [0.29, 0.717) is 6.42 Å². The van der Waals surface area contributed by atoms with Gasteiger partial charge >= 0.3 is 6.36 Å². The van der Waals surface area contributed by atoms with Gasteiger partial charge in [-0.05, 0) is 24.6 Å². The number of hydrogen-bond donors (Lipinski definition) is 1. The molecule has 0 aliphatic rings. The van der Waals surface area contributed by atoms with Gasteiger partial charge in [0.15, 0.2) is 0 Å². The molecule has 1 atom stereocenters. The lowest BCUT2D eigenvalue weighted by atomic mass is 10.0. The van der Waals surface area contributed by atoms with Gasteiger partial charge in [-0.3, -0.25) is 0 Å². The smallest absolute Gasteiger partial charge is 0.406 e. The van der Waals surface area contributed by atoms with E-state index < -0.39 is 24.0 Å². The van der Waals surface area contributed by atoms with Gasteiger partial charge in [-0.1, -0.05) is 6.92 Å². The standard InChI is InChI=1S/C10H11F4NO.ClH/c1-2-9(15)7-5-6(3-4-8(7)11)16-10(12,13)14;/h3-5,9H,2,15H2,1H3;1H/t9-;/m1./s1. The van der Waals surface area contributed by atoms with E-state index in [4.69, 9.17) is 5.73 Å². The molecule has 0 spiro atoms. The number of hydrogen-bond acceptors (Lipinski definition) is 2. The second-order valence-electron chi connectivity index (χ2n) is 3.25. The minimum atomic E-state index is -4.79. The molecule has 0 unspecified atom stereocenters. The van der Waals surface area contributed by atoms with Crippen LogP contribution in [0.25, 0.3) is 0 Å². The Morgan fingerprint density at radius 1 is 1.35 bits per heavy atom. The zero-order valence-electron chi connectivity index (χ0n) is 8.92. The van der Waals surface area contributed by atoms with E-state index in [1.165, 1.54) is 0 Å². The molecular weight excluding hydrogens is 262 g/mol. The minimum absolute atomic E-state index is 0. The molecule has 7 heteroatoms. The lowest BCUT2D eigenvalue weighted by molar-refractivity contribution is -0.274. The van der Waals surface area contributed by atoms with Gasteiger partial charge in [0, 0.05) is 11.6 Å². The predicted molar refractivity (Wildman–Crippen MR) is 57.6 cm³/mol. The largest absolute Gasteiger partial charge is 0.573 e. The average molecular weight is 274 g/mol. The van der Waals surface area contributed by atoms with Gasteiger partial charge in [0.05, 0.1) is 0 Å². The first kappa shape index (κ1) is 16.0. The van der Waals surface area contributed by atoms with Crippen LogP contribution in [0.4, 0.5) is 17.6 Å². The molecule has 1 aromatic rings. The predicted octanol–water partition coefficient (Wildman–Crippen LogP) is 3.56. The van der Waals surface area contributed by atoms with Crippen LogP contribution < -0.4 is 10.5 Å². The van der Waals surface area contributed by atoms with Crippen molar-refractivity contribution in [1.29, 1.82) is 0 Å². The molecule has 0 aliphatic heterocycles. The van der Waals surface area contributed by atoms with Crippen molar-refractivity contribution in [3.8, 4) is 5.75 Å². The minimum Gasteiger partial charge on any atom is -0.406 e. The van der Waals surface area contributed by atoms with E-state index in [1.807, 2.05) is 0 Å². The molecule has 0 aliphatic carbocycles. The van der Waals surface area contributed by atoms with Gasteiger partial charge < -0.3 is 10.5 Å². The zero-order chi connectivity index (χ0) is 12.3. The third-order valence-corrected chi connectivity index (χ3v) is 2.04. The van der Waals surface area contributed by atoms with Gasteiger partial charge in [-0.15, -0.1) is 25.6 Å². The summed E-state index contributed by atoms with van der Waals surface area (Å²) in [6.07, 6.45) is -4.36. The molecule has 0 bridgehead atoms. The van der Waals surface area contributed by atoms with E-state index in [9.17, 15) is 17.6 Å². The Labute approximate surface area is 102 Å². The fourth-order valence-corrected chi connectivity index (χ4v) is 1.22. The third-order valence-electron chi connectivity index (χ3n) is 2.04. The number of ether oxygens (including phenoxy) is 1. The molecule has 0 saturated carbocycles. The molecule has 2 N–H and O–H groups in total. The van der Waals surface area contributed by atoms with Crippen LogP contribution in [-0.4, -0.2) is 6.36 Å². The molecule has 0 radical (unpaired) electrons. The van der Waals surface area contributed by atoms with E-state index in [1.54, 1.807) is 6.92 Å². The summed E-state index contributed by atoms with van der Waals surface area (Å²) < 4.78 is 52.6. The summed E-state index contributed by atoms with van der Waals surface area (Å²) in [5, 5.41) is 0. The first-order valence-corrected chi connectivity index (χ1v) is 4.64. The van der Waals surface area contributed by atoms with Crippen LogP contribution in [0.3, 0.4) is 0 Å². The maximum atomic E-state index is 13.2. The van der Waals surface area contributed by atoms with E-state index in [-0.39, 0.29) is 18.0 Å². The number of rotatable bonds is 3. The zero-order valence-corrected chi connectivity index (χ0v) is 9.74. The highest BCUT2D eigenvalue weighted by Gasteiger charge is 2.31. The molecule has 1 aromatic carbocycles. The van der Waals surface area contributed by atoms with Crippen LogP contribution in [-0.2, 0) is 0 Å². The molecule has 98 valence electrons. The quantitative estimate of drug-likeness (QED) is 0.855. The maximum absolute atomic E-state index is 13.2. The van der Waals surface area contributed by atoms with Gasteiger partial charge in [0.1, 0.15) is 11.6 Å². The Morgan fingerprint density at radius 2 is 1.94 bits per heavy atom. The van der Waals surface area contributed by atoms with Crippen LogP contribution in [0, 0.1) is 5.82 Å². The molecule has 0 heterocycles. The van der Waals surface area contributed by atoms with E-state index >= 15 is 0 Å². The highest BCUT2D eigenvalue weighted by Crippen LogP contribution is 2.27. The van der Waals surface area contributed by atoms with E-state index in [2.05, 4.69) is 4.74 Å². The van der Waals surface area contributed by atoms with Crippen molar-refractivity contribution < 1.29 is 22.3 Å². The summed E-state index contributed by atoms with van der Waals surface area (Å²) in [5.41, 5.74) is 5.57. The van der Waals surface area contributed by atoms with Crippen LogP contribution in [0.5, 0.6) is 5.75 Å². The van der Waals surface area contributed by atoms with Crippen molar-refractivity contribution in [2.75, 3.05) is 0 Å². The van der Waals surface area contributed by atoms with Gasteiger partial charge in [0.25, 0.3) is 0 Å². The lowest BCUT2D eigenvalue weighted by Crippen LogP contribution is -2.18. The Morgan fingerprint density at radius 3 is 2.41 bits per heavy atom. The van der Waals surface area contributed by atoms with Crippen molar-refractivity contribution in [3.05, 3.63) is 29.6 Å². The van der Waals surface area contributed by atoms with Crippen LogP contribution in [0.15, 0.2) is 18.2 Å². The number of nitrogens with two attached hydrogens (primary N) is 1. The Hall–Kier alpha value is -1.01. The topological polar surface area (TPSA) is 35.2 Å². The van der Waals surface area contributed by atoms with Crippen molar-refractivity contribution in [1.82, 2.24) is 0 Å². The highest BCUT2D eigenvalue weighted by molar-refractivity contribution is 5.85. The van der Waals surface area contributed by atoms with Gasteiger partial charge in [-0.2, -0.15) is 0 Å². The molecule has 0 saturated heterocycles. The van der Waals surface area contributed by atoms with Crippen molar-refractivity contribution in [3.63, 3.8) is 0 Å². The SMILES string of the molecule is CC[C@@H](N)c1cc(OC(F)(F)F)ccc1F.Cl. The Balaban J connectivity index is 0.00000256. The number of alkyl halides is 3. The summed E-state index contributed by atoms with van der Waals surface area (Å²) in [7, 11) is 0. The van der Waals surface area contributed by atoms with E-state index in [0.717, 1.165) is 18.2 Å². The molecule has 17 heavy (non-hydrogen) atoms. The Kier molecular flexibility index (Phi) is 5.71. The summed E-state index contributed by atoms with van der Waals surface area (Å²) in [5.74, 6) is -1.10. The second-order valence-corrected chi connectivity index (χ2v) is 3.25. The first-order valence-electron chi connectivity index (χ1n) is 4.64. The molecular formula is C10H12ClF4NO. The van der Waals surface area contributed by atoms with Crippen molar-refractivity contribution in [2.24, 2.45) is 5.73 Å². The average Bonchev–Trinajstić information content (AvgIpc) is 2.18. The fraction of sp³-hybridized carbons (Fsp3) is 0.400. The maximum Gasteiger partial charge on any atom is 0.573 e. The first-order chi connectivity index (χ1) is 7.33. The molecule has 2 nitrogen and oxygen atoms in total. The highest BCUT2D eigenvalue weighted by atomic mass is 35.5. The number of halogens is 5. The van der Waals surface area contributed by atoms with Gasteiger partial charge in [0.2, 0.25) is 0 Å². The molecule has 0 fully saturated rings.